The van der Waals surface area contributed by atoms with Crippen LogP contribution in [0.15, 0.2) is 0 Å². The van der Waals surface area contributed by atoms with E-state index in [0.717, 1.165) is 0 Å². The van der Waals surface area contributed by atoms with Crippen LogP contribution in [-0.4, -0.2) is 141 Å². The second-order valence-corrected chi connectivity index (χ2v) is 177. The van der Waals surface area contributed by atoms with E-state index in [-0.39, 0.29) is 25.7 Å². The molecule has 2 bridgehead atoms. The van der Waals surface area contributed by atoms with Crippen molar-refractivity contribution in [3.8, 4) is 0 Å². The van der Waals surface area contributed by atoms with Gasteiger partial charge in [0.15, 0.2) is 0 Å². The molecule has 3 heterocycles. The number of hydrogen-bond donors (Lipinski definition) is 0. The van der Waals surface area contributed by atoms with E-state index in [2.05, 4.69) is 0 Å². The van der Waals surface area contributed by atoms with Crippen LogP contribution in [0.3, 0.4) is 0 Å². The van der Waals surface area contributed by atoms with Gasteiger partial charge in [0.1, 0.15) is 0 Å². The van der Waals surface area contributed by atoms with Crippen LogP contribution in [0, 0.1) is 0 Å². The van der Waals surface area contributed by atoms with Crippen molar-refractivity contribution < 1.29 is 50.4 Å². The van der Waals surface area contributed by atoms with Gasteiger partial charge in [-0.1, -0.05) is 0 Å². The van der Waals surface area contributed by atoms with Crippen LogP contribution >= 0.6 is 0 Å². The van der Waals surface area contributed by atoms with Gasteiger partial charge in [-0.15, -0.1) is 0 Å². The average molecular weight is 1330 g/mol. The number of fused-ring (bicyclic) bond motifs is 5. The normalized spacial score (nSPS) is 23.6. The van der Waals surface area contributed by atoms with Gasteiger partial charge in [0, 0.05) is 4.21 Å². The Kier molecular flexibility index (Phi) is 15.4. The zero-order chi connectivity index (χ0) is 22.3. The molecule has 0 amide bonds. The molecule has 0 aromatic heterocycles. The summed E-state index contributed by atoms with van der Waals surface area (Å²) < 4.78 is 135. The van der Waals surface area contributed by atoms with E-state index in [0.29, 0.717) is 0 Å². The van der Waals surface area contributed by atoms with Crippen LogP contribution in [0.25, 0.3) is 0 Å². The molecule has 0 saturated carbocycles. The van der Waals surface area contributed by atoms with Gasteiger partial charge in [0.2, 0.25) is 0 Å². The maximum absolute atomic E-state index is 11.1. The van der Waals surface area contributed by atoms with Gasteiger partial charge in [-0.3, -0.25) is 0 Å². The fraction of sp³-hybridized carbons (Fsp3) is 0. The van der Waals surface area contributed by atoms with Gasteiger partial charge < -0.3 is 4.55 Å². The minimum absolute atomic E-state index is 0.0542. The van der Waals surface area contributed by atoms with Crippen molar-refractivity contribution in [2.75, 3.05) is 0 Å². The van der Waals surface area contributed by atoms with E-state index in [1.165, 1.54) is 82.3 Å². The topological polar surface area (TPSA) is 40.1 Å². The van der Waals surface area contributed by atoms with E-state index >= 15 is 0 Å². The first-order valence-corrected chi connectivity index (χ1v) is 68.9. The maximum atomic E-state index is 9.91. The molecule has 27 heavy (non-hydrogen) atoms. The Hall–Kier alpha value is 5.99. The molecule has 3 aliphatic heterocycles. The van der Waals surface area contributed by atoms with Crippen molar-refractivity contribution in [3.05, 3.63) is 0 Å². The average Bonchev–Trinajstić information content (AvgIpc) is 2.22. The van der Waals surface area contributed by atoms with E-state index < -0.39 is 40.3 Å². The molecule has 0 aromatic rings. The molecule has 0 atom stereocenters. The summed E-state index contributed by atoms with van der Waals surface area (Å²) in [6.45, 7) is 0. The first-order chi connectivity index (χ1) is 11.3. The Balaban J connectivity index is 0. The van der Waals surface area contributed by atoms with Crippen LogP contribution in [0.4, 0.5) is 41.6 Å². The Labute approximate surface area is 194 Å². The van der Waals surface area contributed by atoms with Crippen molar-refractivity contribution in [2.45, 2.75) is 0 Å². The van der Waals surface area contributed by atoms with Crippen molar-refractivity contribution in [3.63, 3.8) is 0 Å². The second-order valence-electron chi connectivity index (χ2n) is 2.94. The van der Waals surface area contributed by atoms with Crippen LogP contribution in [0.2, 0.25) is 0 Å². The zero-order valence-electron chi connectivity index (χ0n) is 10.7. The molecule has 2 nitrogen and oxygen atoms in total. The molecule has 3 aliphatic rings. The summed E-state index contributed by atoms with van der Waals surface area (Å²) in [6, 6.07) is 0. The van der Waals surface area contributed by atoms with E-state index in [9.17, 15) is 41.6 Å². The Morgan fingerprint density at radius 3 is 0.852 bits per heavy atom. The van der Waals surface area contributed by atoms with Gasteiger partial charge in [-0.25, -0.2) is 0 Å². The predicted octanol–water partition coefficient (Wildman–Crippen LogP) is 0.0177. The van der Waals surface area contributed by atoms with Gasteiger partial charge in [-0.2, -0.15) is 0 Å². The van der Waals surface area contributed by atoms with Crippen molar-refractivity contribution in [1.29, 1.82) is 0 Å². The van der Waals surface area contributed by atoms with Crippen LogP contribution in [0.5, 0.6) is 0 Å². The van der Waals surface area contributed by atoms with E-state index in [1.807, 2.05) is 0 Å². The summed E-state index contributed by atoms with van der Waals surface area (Å²) in [5.41, 5.74) is 0. The number of halogens is 12. The fourth-order valence-electron chi connectivity index (χ4n) is 0.227. The molecule has 3 fully saturated rings. The zero-order valence-corrected chi connectivity index (χ0v) is 33.7. The molecule has 0 spiro atoms. The third-order valence-corrected chi connectivity index (χ3v) is 454. The van der Waals surface area contributed by atoms with Crippen molar-refractivity contribution >= 4 is 148 Å². The molecule has 0 unspecified atom stereocenters. The number of hydrogen-bond acceptors (Lipinski definition) is 2. The third kappa shape index (κ3) is 54.4. The second kappa shape index (κ2) is 11.8. The van der Waals surface area contributed by atoms with Crippen molar-refractivity contribution in [1.82, 2.24) is 0 Å². The predicted molar refractivity (Wildman–Crippen MR) is 91.2 cm³/mol. The van der Waals surface area contributed by atoms with Gasteiger partial charge in [-0.05, 0) is 0 Å². The summed E-state index contributed by atoms with van der Waals surface area (Å²) in [5.74, 6) is 0. The first-order valence-electron chi connectivity index (χ1n) is 4.20. The molecule has 172 valence electrons. The van der Waals surface area contributed by atoms with Gasteiger partial charge in [0.25, 0.3) is 0 Å². The SMILES string of the molecule is F[As-](F)(F)(F)(F)F.F[As-](F)(F)(F)(F)F.O=[S+][O-].[Se]1[Se][Se][Te+]2[Se][Se][Te+]([Se]1)[Se][Se]2. The molecule has 0 radical (unpaired) electrons. The Morgan fingerprint density at radius 2 is 0.704 bits per heavy atom. The summed E-state index contributed by atoms with van der Waals surface area (Å²) in [4.78, 5) is 0. The summed E-state index contributed by atoms with van der Waals surface area (Å²) in [5, 5.41) is 0. The van der Waals surface area contributed by atoms with Crippen LogP contribution in [0.1, 0.15) is 0 Å². The molecule has 27 heteroatoms. The summed E-state index contributed by atoms with van der Waals surface area (Å²) in [7, 11) is 8.71. The quantitative estimate of drug-likeness (QED) is 0.149. The van der Waals surface area contributed by atoms with Crippen LogP contribution < -0.4 is 0 Å². The monoisotopic (exact) mass is 1340 g/mol. The standard InChI is InChI=1S/2AsF6.O2S.Se8Te2/c2*2-1(3,4,5,6)7;1-3-2;1-2-4-10-7-5-9(3-1)6-8-10/q2*-1;;+2. The fourth-order valence-corrected chi connectivity index (χ4v) is 1240. The molecule has 3 saturated heterocycles. The molecular formula is As2F12O2SSe8Te2. The molecule has 0 aromatic carbocycles. The minimum atomic E-state index is -11.1. The number of rotatable bonds is 0. The van der Waals surface area contributed by atoms with Crippen LogP contribution in [-0.2, 0) is 16.2 Å². The van der Waals surface area contributed by atoms with E-state index in [4.69, 9.17) is 8.76 Å². The Bertz CT molecular complexity index is 401. The molecule has 0 aliphatic carbocycles. The molecular weight excluding hydrogens is 1330 g/mol. The molecule has 3 rings (SSSR count). The first kappa shape index (κ1) is 35.2. The summed E-state index contributed by atoms with van der Waals surface area (Å²) in [6.07, 6.45) is 0. The van der Waals surface area contributed by atoms with Crippen molar-refractivity contribution in [2.24, 2.45) is 0 Å². The third-order valence-electron chi connectivity index (χ3n) is 0.472. The van der Waals surface area contributed by atoms with Gasteiger partial charge >= 0.3 is 190 Å². The van der Waals surface area contributed by atoms with E-state index in [1.54, 1.807) is 0 Å². The van der Waals surface area contributed by atoms with Gasteiger partial charge in [0.05, 0.1) is 0 Å². The summed E-state index contributed by atoms with van der Waals surface area (Å²) >= 11 is -20.3. The molecule has 0 N–H and O–H groups in total. The Morgan fingerprint density at radius 1 is 0.556 bits per heavy atom.